The summed E-state index contributed by atoms with van der Waals surface area (Å²) < 4.78 is 12.0. The molecule has 2 aromatic carbocycles. The predicted octanol–water partition coefficient (Wildman–Crippen LogP) is 5.76. The lowest BCUT2D eigenvalue weighted by Crippen LogP contribution is -2.20. The van der Waals surface area contributed by atoms with Crippen LogP contribution >= 0.6 is 0 Å². The monoisotopic (exact) mass is 519 g/mol. The largest absolute Gasteiger partial charge is 0.462 e. The van der Waals surface area contributed by atoms with Gasteiger partial charge in [0.05, 0.1) is 24.9 Å². The topological polar surface area (TPSA) is 99.5 Å². The third kappa shape index (κ3) is 7.09. The molecule has 0 atom stereocenters. The zero-order chi connectivity index (χ0) is 28.1. The van der Waals surface area contributed by atoms with Gasteiger partial charge in [-0.05, 0) is 53.1 Å². The molecule has 0 aliphatic heterocycles. The molecule has 38 heavy (non-hydrogen) atoms. The van der Waals surface area contributed by atoms with Crippen LogP contribution in [0.1, 0.15) is 90.7 Å². The molecule has 0 saturated heterocycles. The first-order chi connectivity index (χ1) is 17.8. The smallest absolute Gasteiger partial charge is 0.343 e. The van der Waals surface area contributed by atoms with E-state index in [1.165, 1.54) is 10.9 Å². The molecule has 0 aliphatic carbocycles. The third-order valence-corrected chi connectivity index (χ3v) is 6.10. The minimum absolute atomic E-state index is 0.00699. The van der Waals surface area contributed by atoms with Gasteiger partial charge in [-0.1, -0.05) is 65.8 Å². The van der Waals surface area contributed by atoms with E-state index in [9.17, 15) is 14.4 Å². The van der Waals surface area contributed by atoms with E-state index in [0.717, 1.165) is 11.1 Å². The van der Waals surface area contributed by atoms with Gasteiger partial charge >= 0.3 is 11.9 Å². The molecule has 0 aliphatic rings. The Morgan fingerprint density at radius 3 is 1.82 bits per heavy atom. The molecule has 1 amide bonds. The van der Waals surface area contributed by atoms with Crippen molar-refractivity contribution in [3.63, 3.8) is 0 Å². The SMILES string of the molecule is CCOC(=O)c1cnn(CCOC(=O)c2ccc(C(C)(C)C)cc2)c1NC(=O)c1ccc(C(C)(C)C)cc1. The Morgan fingerprint density at radius 2 is 1.32 bits per heavy atom. The number of carbonyl (C=O) groups is 3. The number of hydrogen-bond donors (Lipinski definition) is 1. The van der Waals surface area contributed by atoms with Crippen LogP contribution in [0.2, 0.25) is 0 Å². The van der Waals surface area contributed by atoms with Crippen molar-refractivity contribution in [2.75, 3.05) is 18.5 Å². The number of nitrogens with one attached hydrogen (secondary N) is 1. The maximum Gasteiger partial charge on any atom is 0.343 e. The molecular formula is C30H37N3O5. The van der Waals surface area contributed by atoms with Crippen LogP contribution in [0.3, 0.4) is 0 Å². The van der Waals surface area contributed by atoms with Gasteiger partial charge in [-0.2, -0.15) is 5.10 Å². The van der Waals surface area contributed by atoms with E-state index >= 15 is 0 Å². The third-order valence-electron chi connectivity index (χ3n) is 6.10. The van der Waals surface area contributed by atoms with E-state index in [1.807, 2.05) is 24.3 Å². The van der Waals surface area contributed by atoms with E-state index in [2.05, 4.69) is 52.0 Å². The highest BCUT2D eigenvalue weighted by molar-refractivity contribution is 6.07. The Labute approximate surface area is 224 Å². The van der Waals surface area contributed by atoms with Gasteiger partial charge in [-0.15, -0.1) is 0 Å². The number of ether oxygens (including phenoxy) is 2. The van der Waals surface area contributed by atoms with Gasteiger partial charge in [-0.25, -0.2) is 14.3 Å². The van der Waals surface area contributed by atoms with Gasteiger partial charge in [0.25, 0.3) is 5.91 Å². The number of benzene rings is 2. The van der Waals surface area contributed by atoms with Crippen molar-refractivity contribution < 1.29 is 23.9 Å². The van der Waals surface area contributed by atoms with Crippen LogP contribution < -0.4 is 5.32 Å². The fourth-order valence-electron chi connectivity index (χ4n) is 3.76. The molecule has 8 nitrogen and oxygen atoms in total. The molecule has 3 rings (SSSR count). The van der Waals surface area contributed by atoms with E-state index in [-0.39, 0.29) is 42.0 Å². The molecule has 0 spiro atoms. The average molecular weight is 520 g/mol. The lowest BCUT2D eigenvalue weighted by Gasteiger charge is -2.19. The number of rotatable bonds is 8. The lowest BCUT2D eigenvalue weighted by atomic mass is 9.87. The minimum atomic E-state index is -0.604. The minimum Gasteiger partial charge on any atom is -0.462 e. The van der Waals surface area contributed by atoms with Crippen LogP contribution in [0.4, 0.5) is 5.82 Å². The van der Waals surface area contributed by atoms with E-state index in [1.54, 1.807) is 31.2 Å². The highest BCUT2D eigenvalue weighted by Gasteiger charge is 2.22. The van der Waals surface area contributed by atoms with Crippen molar-refractivity contribution >= 4 is 23.7 Å². The van der Waals surface area contributed by atoms with Crippen LogP contribution in [-0.2, 0) is 26.8 Å². The second-order valence-electron chi connectivity index (χ2n) is 11.1. The first kappa shape index (κ1) is 28.6. The molecule has 0 radical (unpaired) electrons. The summed E-state index contributed by atoms with van der Waals surface area (Å²) in [5, 5.41) is 7.01. The Hall–Kier alpha value is -3.94. The summed E-state index contributed by atoms with van der Waals surface area (Å²) in [5.74, 6) is -1.28. The number of esters is 2. The van der Waals surface area contributed by atoms with Gasteiger partial charge in [-0.3, -0.25) is 4.79 Å². The zero-order valence-corrected chi connectivity index (χ0v) is 23.3. The van der Waals surface area contributed by atoms with Gasteiger partial charge in [0.1, 0.15) is 18.0 Å². The molecule has 0 bridgehead atoms. The average Bonchev–Trinajstić information content (AvgIpc) is 3.25. The highest BCUT2D eigenvalue weighted by Crippen LogP contribution is 2.24. The van der Waals surface area contributed by atoms with Crippen LogP contribution in [0.25, 0.3) is 0 Å². The fourth-order valence-corrected chi connectivity index (χ4v) is 3.76. The molecule has 202 valence electrons. The van der Waals surface area contributed by atoms with E-state index in [4.69, 9.17) is 9.47 Å². The molecule has 1 heterocycles. The summed E-state index contributed by atoms with van der Waals surface area (Å²) in [6.07, 6.45) is 1.34. The standard InChI is InChI=1S/C30H37N3O5/c1-8-37-28(36)24-19-31-33(17-18-38-27(35)21-11-15-23(16-12-21)30(5,6)7)25(24)32-26(34)20-9-13-22(14-10-20)29(2,3)4/h9-16,19H,8,17-18H2,1-7H3,(H,32,34). The summed E-state index contributed by atoms with van der Waals surface area (Å²) in [5.41, 5.74) is 3.15. The number of carbonyl (C=O) groups excluding carboxylic acids is 3. The second-order valence-corrected chi connectivity index (χ2v) is 11.1. The normalized spacial score (nSPS) is 11.7. The van der Waals surface area contributed by atoms with E-state index in [0.29, 0.717) is 11.1 Å². The van der Waals surface area contributed by atoms with Crippen molar-refractivity contribution in [1.29, 1.82) is 0 Å². The number of hydrogen-bond acceptors (Lipinski definition) is 6. The van der Waals surface area contributed by atoms with Crippen molar-refractivity contribution in [1.82, 2.24) is 9.78 Å². The molecule has 0 saturated carbocycles. The Morgan fingerprint density at radius 1 is 0.789 bits per heavy atom. The highest BCUT2D eigenvalue weighted by atomic mass is 16.5. The van der Waals surface area contributed by atoms with Gasteiger partial charge in [0.2, 0.25) is 0 Å². The molecule has 1 N–H and O–H groups in total. The summed E-state index contributed by atoms with van der Waals surface area (Å²) >= 11 is 0. The van der Waals surface area contributed by atoms with Gasteiger partial charge in [0, 0.05) is 5.56 Å². The second kappa shape index (κ2) is 11.6. The van der Waals surface area contributed by atoms with E-state index < -0.39 is 17.8 Å². The zero-order valence-electron chi connectivity index (χ0n) is 23.3. The first-order valence-corrected chi connectivity index (χ1v) is 12.7. The van der Waals surface area contributed by atoms with Gasteiger partial charge < -0.3 is 14.8 Å². The quantitative estimate of drug-likeness (QED) is 0.380. The van der Waals surface area contributed by atoms with Crippen molar-refractivity contribution in [3.05, 3.63) is 82.5 Å². The molecule has 0 unspecified atom stereocenters. The number of amides is 1. The summed E-state index contributed by atoms with van der Waals surface area (Å²) in [6, 6.07) is 14.6. The number of nitrogens with zero attached hydrogens (tertiary/aromatic N) is 2. The Kier molecular flexibility index (Phi) is 8.76. The number of anilines is 1. The van der Waals surface area contributed by atoms with Crippen LogP contribution in [0.5, 0.6) is 0 Å². The first-order valence-electron chi connectivity index (χ1n) is 12.7. The van der Waals surface area contributed by atoms with Crippen molar-refractivity contribution in [2.45, 2.75) is 65.8 Å². The maximum atomic E-state index is 13.0. The Bertz CT molecular complexity index is 1280. The maximum absolute atomic E-state index is 13.0. The van der Waals surface area contributed by atoms with Crippen LogP contribution in [0, 0.1) is 0 Å². The van der Waals surface area contributed by atoms with Crippen LogP contribution in [0.15, 0.2) is 54.7 Å². The molecule has 1 aromatic heterocycles. The fraction of sp³-hybridized carbons (Fsp3) is 0.400. The lowest BCUT2D eigenvalue weighted by molar-refractivity contribution is 0.0483. The molecule has 3 aromatic rings. The molecule has 0 fully saturated rings. The summed E-state index contributed by atoms with van der Waals surface area (Å²) in [6.45, 7) is 14.6. The summed E-state index contributed by atoms with van der Waals surface area (Å²) in [7, 11) is 0. The number of aromatic nitrogens is 2. The molecular weight excluding hydrogens is 482 g/mol. The van der Waals surface area contributed by atoms with Gasteiger partial charge in [0.15, 0.2) is 0 Å². The van der Waals surface area contributed by atoms with Crippen molar-refractivity contribution in [3.8, 4) is 0 Å². The Balaban J connectivity index is 1.73. The molecule has 8 heteroatoms. The van der Waals surface area contributed by atoms with Crippen LogP contribution in [-0.4, -0.2) is 40.8 Å². The summed E-state index contributed by atoms with van der Waals surface area (Å²) in [4.78, 5) is 38.1. The van der Waals surface area contributed by atoms with Crippen molar-refractivity contribution in [2.24, 2.45) is 0 Å². The predicted molar refractivity (Wildman–Crippen MR) is 147 cm³/mol.